The molecular formula is C34H50N6O7. The van der Waals surface area contributed by atoms with Gasteiger partial charge in [-0.05, 0) is 59.9 Å². The standard InChI is InChI=1S/C34H50N6O7/c1-33(2,3)46-29(43)17-10-14-26-36-31(35-19-18-30(44)47-34(4,5)6)38-32(37-26)40-22-20-39(21-23-40)27(41)15-11-16-28(42)45-24-25-12-8-7-9-13-25/h7-9,12-13H,10-11,14-24H2,1-6H3,(H,35,36,37,38). The molecule has 0 unspecified atom stereocenters. The van der Waals surface area contributed by atoms with E-state index in [4.69, 9.17) is 14.2 Å². The fourth-order valence-corrected chi connectivity index (χ4v) is 4.70. The van der Waals surface area contributed by atoms with Crippen molar-refractivity contribution in [2.24, 2.45) is 0 Å². The number of hydrogen-bond acceptors (Lipinski definition) is 12. The number of piperazine rings is 1. The van der Waals surface area contributed by atoms with Gasteiger partial charge in [-0.15, -0.1) is 0 Å². The lowest BCUT2D eigenvalue weighted by Gasteiger charge is -2.35. The van der Waals surface area contributed by atoms with E-state index in [9.17, 15) is 19.2 Å². The van der Waals surface area contributed by atoms with Crippen molar-refractivity contribution in [1.82, 2.24) is 19.9 Å². The van der Waals surface area contributed by atoms with Crippen LogP contribution in [0.15, 0.2) is 30.3 Å². The summed E-state index contributed by atoms with van der Waals surface area (Å²) in [5.41, 5.74) is -0.207. The Morgan fingerprint density at radius 2 is 1.36 bits per heavy atom. The lowest BCUT2D eigenvalue weighted by molar-refractivity contribution is -0.155. The number of rotatable bonds is 15. The van der Waals surface area contributed by atoms with E-state index in [0.717, 1.165) is 5.56 Å². The van der Waals surface area contributed by atoms with Crippen molar-refractivity contribution < 1.29 is 33.4 Å². The van der Waals surface area contributed by atoms with Gasteiger partial charge in [-0.1, -0.05) is 30.3 Å². The highest BCUT2D eigenvalue weighted by atomic mass is 16.6. The minimum atomic E-state index is -0.573. The van der Waals surface area contributed by atoms with Gasteiger partial charge in [0.1, 0.15) is 23.6 Å². The number of ether oxygens (including phenoxy) is 3. The topological polar surface area (TPSA) is 153 Å². The molecule has 0 saturated carbocycles. The first kappa shape index (κ1) is 37.2. The second kappa shape index (κ2) is 17.6. The Balaban J connectivity index is 1.52. The van der Waals surface area contributed by atoms with Gasteiger partial charge < -0.3 is 29.3 Å². The number of benzene rings is 1. The predicted molar refractivity (Wildman–Crippen MR) is 176 cm³/mol. The maximum atomic E-state index is 12.9. The molecule has 13 nitrogen and oxygen atoms in total. The zero-order valence-electron chi connectivity index (χ0n) is 28.7. The van der Waals surface area contributed by atoms with Gasteiger partial charge in [-0.25, -0.2) is 0 Å². The number of hydrogen-bond donors (Lipinski definition) is 1. The first-order chi connectivity index (χ1) is 22.2. The Bertz CT molecular complexity index is 1280. The summed E-state index contributed by atoms with van der Waals surface area (Å²) < 4.78 is 16.1. The molecule has 13 heteroatoms. The molecule has 0 radical (unpaired) electrons. The van der Waals surface area contributed by atoms with E-state index in [-0.39, 0.29) is 62.7 Å². The van der Waals surface area contributed by atoms with Gasteiger partial charge in [-0.3, -0.25) is 19.2 Å². The molecule has 1 N–H and O–H groups in total. The van der Waals surface area contributed by atoms with Gasteiger partial charge in [0.25, 0.3) is 0 Å². The number of carbonyl (C=O) groups excluding carboxylic acids is 4. The molecule has 0 spiro atoms. The zero-order valence-corrected chi connectivity index (χ0v) is 28.7. The Hall–Kier alpha value is -4.29. The minimum absolute atomic E-state index is 0.0107. The van der Waals surface area contributed by atoms with Crippen LogP contribution in [0.4, 0.5) is 11.9 Å². The fraction of sp³-hybridized carbons (Fsp3) is 0.618. The highest BCUT2D eigenvalue weighted by Gasteiger charge is 2.24. The van der Waals surface area contributed by atoms with E-state index in [1.54, 1.807) is 4.90 Å². The van der Waals surface area contributed by atoms with Gasteiger partial charge >= 0.3 is 17.9 Å². The van der Waals surface area contributed by atoms with Crippen LogP contribution in [-0.4, -0.2) is 87.6 Å². The maximum absolute atomic E-state index is 12.9. The van der Waals surface area contributed by atoms with Gasteiger partial charge in [0.2, 0.25) is 17.8 Å². The van der Waals surface area contributed by atoms with Crippen LogP contribution < -0.4 is 10.2 Å². The summed E-state index contributed by atoms with van der Waals surface area (Å²) >= 11 is 0. The van der Waals surface area contributed by atoms with E-state index in [1.165, 1.54) is 0 Å². The smallest absolute Gasteiger partial charge is 0.308 e. The average Bonchev–Trinajstić information content (AvgIpc) is 2.99. The molecule has 258 valence electrons. The van der Waals surface area contributed by atoms with Crippen molar-refractivity contribution in [1.29, 1.82) is 0 Å². The second-order valence-corrected chi connectivity index (χ2v) is 13.4. The fourth-order valence-electron chi connectivity index (χ4n) is 4.70. The molecule has 1 aliphatic heterocycles. The molecule has 0 bridgehead atoms. The van der Waals surface area contributed by atoms with Crippen LogP contribution in [0.3, 0.4) is 0 Å². The monoisotopic (exact) mass is 654 g/mol. The number of amides is 1. The first-order valence-electron chi connectivity index (χ1n) is 16.3. The largest absolute Gasteiger partial charge is 0.461 e. The molecular weight excluding hydrogens is 604 g/mol. The lowest BCUT2D eigenvalue weighted by Crippen LogP contribution is -2.49. The predicted octanol–water partition coefficient (Wildman–Crippen LogP) is 4.24. The highest BCUT2D eigenvalue weighted by Crippen LogP contribution is 2.17. The first-order valence-corrected chi connectivity index (χ1v) is 16.3. The molecule has 1 saturated heterocycles. The number of aryl methyl sites for hydroxylation is 1. The molecule has 3 rings (SSSR count). The molecule has 2 aromatic rings. The highest BCUT2D eigenvalue weighted by molar-refractivity contribution is 5.77. The molecule has 1 amide bonds. The summed E-state index contributed by atoms with van der Waals surface area (Å²) in [6.07, 6.45) is 2.16. The van der Waals surface area contributed by atoms with Crippen LogP contribution in [-0.2, 0) is 46.4 Å². The number of nitrogens with one attached hydrogen (secondary N) is 1. The molecule has 1 aromatic heterocycles. The number of nitrogens with zero attached hydrogens (tertiary/aromatic N) is 5. The molecule has 0 aliphatic carbocycles. The summed E-state index contributed by atoms with van der Waals surface area (Å²) in [7, 11) is 0. The summed E-state index contributed by atoms with van der Waals surface area (Å²) in [5, 5.41) is 3.11. The molecule has 0 atom stereocenters. The molecule has 2 heterocycles. The Morgan fingerprint density at radius 1 is 0.745 bits per heavy atom. The van der Waals surface area contributed by atoms with Gasteiger partial charge in [0.15, 0.2) is 0 Å². The van der Waals surface area contributed by atoms with E-state index >= 15 is 0 Å². The van der Waals surface area contributed by atoms with Crippen molar-refractivity contribution >= 4 is 35.7 Å². The van der Waals surface area contributed by atoms with Crippen molar-refractivity contribution in [3.63, 3.8) is 0 Å². The van der Waals surface area contributed by atoms with E-state index in [1.807, 2.05) is 76.8 Å². The maximum Gasteiger partial charge on any atom is 0.308 e. The Kier molecular flexibility index (Phi) is 13.9. The van der Waals surface area contributed by atoms with Crippen LogP contribution in [0.25, 0.3) is 0 Å². The summed E-state index contributed by atoms with van der Waals surface area (Å²) in [4.78, 5) is 66.9. The number of esters is 3. The molecule has 1 aliphatic rings. The lowest BCUT2D eigenvalue weighted by atomic mass is 10.2. The number of anilines is 2. The normalized spacial score (nSPS) is 13.6. The van der Waals surface area contributed by atoms with Crippen molar-refractivity contribution in [3.05, 3.63) is 41.7 Å². The quantitative estimate of drug-likeness (QED) is 0.216. The SMILES string of the molecule is CC(C)(C)OC(=O)CCCc1nc(NCCC(=O)OC(C)(C)C)nc(N2CCN(C(=O)CCCC(=O)OCc3ccccc3)CC2)n1. The number of aromatic nitrogens is 3. The minimum Gasteiger partial charge on any atom is -0.461 e. The third kappa shape index (κ3) is 14.8. The second-order valence-electron chi connectivity index (χ2n) is 13.4. The van der Waals surface area contributed by atoms with Gasteiger partial charge in [-0.2, -0.15) is 15.0 Å². The Labute approximate surface area is 277 Å². The molecule has 1 aromatic carbocycles. The number of carbonyl (C=O) groups is 4. The van der Waals surface area contributed by atoms with Crippen molar-refractivity contribution in [2.75, 3.05) is 42.9 Å². The van der Waals surface area contributed by atoms with Crippen LogP contribution in [0.5, 0.6) is 0 Å². The molecule has 1 fully saturated rings. The summed E-state index contributed by atoms with van der Waals surface area (Å²) in [6.45, 7) is 13.4. The Morgan fingerprint density at radius 3 is 2.00 bits per heavy atom. The third-order valence-electron chi connectivity index (χ3n) is 6.83. The van der Waals surface area contributed by atoms with Crippen LogP contribution in [0, 0.1) is 0 Å². The zero-order chi connectivity index (χ0) is 34.5. The van der Waals surface area contributed by atoms with E-state index in [2.05, 4.69) is 20.3 Å². The van der Waals surface area contributed by atoms with E-state index < -0.39 is 11.2 Å². The van der Waals surface area contributed by atoms with Crippen molar-refractivity contribution in [3.8, 4) is 0 Å². The average molecular weight is 655 g/mol. The summed E-state index contributed by atoms with van der Waals surface area (Å²) in [5.74, 6) is 0.344. The van der Waals surface area contributed by atoms with E-state index in [0.29, 0.717) is 63.2 Å². The van der Waals surface area contributed by atoms with Crippen LogP contribution in [0.1, 0.15) is 91.5 Å². The van der Waals surface area contributed by atoms with Gasteiger partial charge in [0.05, 0.1) is 6.42 Å². The summed E-state index contributed by atoms with van der Waals surface area (Å²) in [6, 6.07) is 9.47. The van der Waals surface area contributed by atoms with Crippen LogP contribution >= 0.6 is 0 Å². The molecule has 47 heavy (non-hydrogen) atoms. The van der Waals surface area contributed by atoms with Gasteiger partial charge in [0, 0.05) is 58.4 Å². The van der Waals surface area contributed by atoms with Crippen LogP contribution in [0.2, 0.25) is 0 Å². The van der Waals surface area contributed by atoms with Crippen molar-refractivity contribution in [2.45, 2.75) is 104 Å². The third-order valence-corrected chi connectivity index (χ3v) is 6.83.